The Hall–Kier alpha value is -1.17. The van der Waals surface area contributed by atoms with Gasteiger partial charge in [-0.1, -0.05) is 6.07 Å². The Morgan fingerprint density at radius 1 is 1.20 bits per heavy atom. The molecule has 2 atom stereocenters. The minimum absolute atomic E-state index is 0.477. The molecule has 2 aliphatic rings. The van der Waals surface area contributed by atoms with Crippen LogP contribution >= 0.6 is 12.2 Å². The van der Waals surface area contributed by atoms with E-state index in [9.17, 15) is 0 Å². The van der Waals surface area contributed by atoms with Crippen molar-refractivity contribution in [2.75, 3.05) is 38.6 Å². The summed E-state index contributed by atoms with van der Waals surface area (Å²) in [5.74, 6) is 0. The molecule has 3 rings (SSSR count). The van der Waals surface area contributed by atoms with Crippen LogP contribution in [0.5, 0.6) is 0 Å². The number of benzene rings is 1. The van der Waals surface area contributed by atoms with Crippen molar-refractivity contribution < 1.29 is 9.64 Å². The second kappa shape index (κ2) is 8.47. The van der Waals surface area contributed by atoms with Crippen molar-refractivity contribution in [3.63, 3.8) is 0 Å². The zero-order valence-electron chi connectivity index (χ0n) is 15.8. The van der Waals surface area contributed by atoms with E-state index in [4.69, 9.17) is 17.0 Å². The van der Waals surface area contributed by atoms with Crippen molar-refractivity contribution in [3.8, 4) is 0 Å². The molecule has 0 saturated carbocycles. The summed E-state index contributed by atoms with van der Waals surface area (Å²) < 4.78 is 5.80. The highest BCUT2D eigenvalue weighted by Crippen LogP contribution is 2.16. The van der Waals surface area contributed by atoms with Gasteiger partial charge in [-0.2, -0.15) is 0 Å². The summed E-state index contributed by atoms with van der Waals surface area (Å²) in [6.07, 6.45) is 5.35. The van der Waals surface area contributed by atoms with Crippen molar-refractivity contribution in [2.24, 2.45) is 0 Å². The van der Waals surface area contributed by atoms with Gasteiger partial charge < -0.3 is 19.9 Å². The molecule has 0 aliphatic carbocycles. The molecule has 2 fully saturated rings. The molecule has 5 heteroatoms. The highest BCUT2D eigenvalue weighted by molar-refractivity contribution is 7.80. The molecule has 0 radical (unpaired) electrons. The Bertz CT molecular complexity index is 572. The number of ether oxygens (including phenoxy) is 1. The first-order valence-corrected chi connectivity index (χ1v) is 10.0. The van der Waals surface area contributed by atoms with Gasteiger partial charge in [0.05, 0.1) is 13.1 Å². The van der Waals surface area contributed by atoms with Gasteiger partial charge in [-0.3, -0.25) is 0 Å². The predicted molar refractivity (Wildman–Crippen MR) is 107 cm³/mol. The van der Waals surface area contributed by atoms with Crippen LogP contribution in [0.1, 0.15) is 36.8 Å². The molecule has 2 aliphatic heterocycles. The van der Waals surface area contributed by atoms with E-state index in [1.165, 1.54) is 36.8 Å². The van der Waals surface area contributed by atoms with Gasteiger partial charge in [-0.15, -0.1) is 0 Å². The zero-order valence-corrected chi connectivity index (χ0v) is 16.6. The largest absolute Gasteiger partial charge is 0.372 e. The fraction of sp³-hybridized carbons (Fsp3) is 0.650. The molecule has 2 unspecified atom stereocenters. The molecule has 0 aromatic heterocycles. The molecule has 4 nitrogen and oxygen atoms in total. The van der Waals surface area contributed by atoms with Crippen LogP contribution in [0.15, 0.2) is 18.2 Å². The molecule has 2 saturated heterocycles. The van der Waals surface area contributed by atoms with E-state index >= 15 is 0 Å². The summed E-state index contributed by atoms with van der Waals surface area (Å²) in [4.78, 5) is 3.95. The molecule has 2 heterocycles. The molecule has 1 aromatic carbocycles. The van der Waals surface area contributed by atoms with Crippen molar-refractivity contribution in [3.05, 3.63) is 29.3 Å². The van der Waals surface area contributed by atoms with Gasteiger partial charge in [-0.25, -0.2) is 0 Å². The van der Waals surface area contributed by atoms with E-state index in [1.54, 1.807) is 4.90 Å². The molecule has 25 heavy (non-hydrogen) atoms. The minimum atomic E-state index is 0.477. The summed E-state index contributed by atoms with van der Waals surface area (Å²) in [5.41, 5.74) is 3.64. The lowest BCUT2D eigenvalue weighted by Gasteiger charge is -2.36. The number of anilines is 1. The number of likely N-dealkylation sites (N-methyl/N-ethyl adjacent to an activating group) is 1. The Morgan fingerprint density at radius 2 is 1.88 bits per heavy atom. The molecular formula is C20H32N3OS+. The van der Waals surface area contributed by atoms with Crippen LogP contribution < -0.4 is 10.2 Å². The lowest BCUT2D eigenvalue weighted by molar-refractivity contribution is -0.910. The summed E-state index contributed by atoms with van der Waals surface area (Å²) in [6, 6.07) is 7.23. The summed E-state index contributed by atoms with van der Waals surface area (Å²) in [7, 11) is 2.33. The van der Waals surface area contributed by atoms with Crippen LogP contribution in [0.25, 0.3) is 0 Å². The second-order valence-electron chi connectivity index (χ2n) is 7.75. The monoisotopic (exact) mass is 362 g/mol. The normalized spacial score (nSPS) is 22.8. The molecular weight excluding hydrogens is 330 g/mol. The molecule has 1 aromatic rings. The van der Waals surface area contributed by atoms with E-state index in [-0.39, 0.29) is 0 Å². The van der Waals surface area contributed by atoms with E-state index < -0.39 is 0 Å². The third kappa shape index (κ3) is 5.16. The number of aryl methyl sites for hydroxylation is 2. The number of quaternary nitrogens is 1. The van der Waals surface area contributed by atoms with Gasteiger partial charge >= 0.3 is 0 Å². The number of nitrogens with zero attached hydrogens (tertiary/aromatic N) is 1. The minimum Gasteiger partial charge on any atom is -0.372 e. The van der Waals surface area contributed by atoms with Crippen LogP contribution in [0.4, 0.5) is 5.69 Å². The van der Waals surface area contributed by atoms with Crippen LogP contribution in [-0.2, 0) is 4.74 Å². The van der Waals surface area contributed by atoms with Crippen molar-refractivity contribution in [1.82, 2.24) is 4.90 Å². The van der Waals surface area contributed by atoms with Crippen LogP contribution in [0, 0.1) is 13.8 Å². The number of hydrogen-bond donors (Lipinski definition) is 2. The number of likely N-dealkylation sites (tertiary alicyclic amines) is 1. The van der Waals surface area contributed by atoms with Gasteiger partial charge in [0.15, 0.2) is 5.11 Å². The Morgan fingerprint density at radius 3 is 2.48 bits per heavy atom. The quantitative estimate of drug-likeness (QED) is 0.803. The first-order chi connectivity index (χ1) is 12.0. The van der Waals surface area contributed by atoms with Gasteiger partial charge in [-0.05, 0) is 62.2 Å². The second-order valence-corrected chi connectivity index (χ2v) is 8.14. The Labute approximate surface area is 157 Å². The number of nitrogens with one attached hydrogen (secondary N) is 2. The predicted octanol–water partition coefficient (Wildman–Crippen LogP) is 2.16. The van der Waals surface area contributed by atoms with Crippen LogP contribution in [0.3, 0.4) is 0 Å². The number of hydrogen-bond acceptors (Lipinski definition) is 2. The van der Waals surface area contributed by atoms with E-state index in [2.05, 4.69) is 49.3 Å². The maximum Gasteiger partial charge on any atom is 0.173 e. The summed E-state index contributed by atoms with van der Waals surface area (Å²) >= 11 is 5.65. The smallest absolute Gasteiger partial charge is 0.173 e. The third-order valence-electron chi connectivity index (χ3n) is 5.53. The Kier molecular flexibility index (Phi) is 6.31. The van der Waals surface area contributed by atoms with Gasteiger partial charge in [0, 0.05) is 38.2 Å². The topological polar surface area (TPSA) is 28.9 Å². The van der Waals surface area contributed by atoms with Crippen molar-refractivity contribution in [2.45, 2.75) is 51.7 Å². The molecule has 138 valence electrons. The zero-order chi connectivity index (χ0) is 17.8. The molecule has 0 spiro atoms. The first kappa shape index (κ1) is 18.6. The molecule has 0 amide bonds. The third-order valence-corrected chi connectivity index (χ3v) is 5.89. The maximum atomic E-state index is 5.80. The van der Waals surface area contributed by atoms with E-state index in [0.29, 0.717) is 6.10 Å². The van der Waals surface area contributed by atoms with Crippen LogP contribution in [0.2, 0.25) is 0 Å². The average molecular weight is 363 g/mol. The lowest BCUT2D eigenvalue weighted by Crippen LogP contribution is -3.14. The van der Waals surface area contributed by atoms with Crippen LogP contribution in [-0.4, -0.2) is 55.4 Å². The Balaban J connectivity index is 1.47. The lowest BCUT2D eigenvalue weighted by atomic mass is 10.0. The van der Waals surface area contributed by atoms with Gasteiger partial charge in [0.25, 0.3) is 0 Å². The highest BCUT2D eigenvalue weighted by Gasteiger charge is 2.29. The van der Waals surface area contributed by atoms with Crippen molar-refractivity contribution in [1.29, 1.82) is 0 Å². The van der Waals surface area contributed by atoms with E-state index in [0.717, 1.165) is 43.1 Å². The fourth-order valence-corrected chi connectivity index (χ4v) is 4.46. The highest BCUT2D eigenvalue weighted by atomic mass is 32.1. The summed E-state index contributed by atoms with van der Waals surface area (Å²) in [6.45, 7) is 8.44. The van der Waals surface area contributed by atoms with Crippen molar-refractivity contribution >= 4 is 23.0 Å². The molecule has 2 N–H and O–H groups in total. The van der Waals surface area contributed by atoms with Gasteiger partial charge in [0.1, 0.15) is 12.6 Å². The van der Waals surface area contributed by atoms with Gasteiger partial charge in [0.2, 0.25) is 0 Å². The molecule has 0 bridgehead atoms. The standard InChI is InChI=1S/C20H31N3OS/c1-15-11-16(2)13-17(12-15)21-20(25)23-8-6-18(7-9-23)22(3)14-19-5-4-10-24-19/h11-13,18-19H,4-10,14H2,1-3H3,(H,21,25)/p+1. The maximum absolute atomic E-state index is 5.80. The first-order valence-electron chi connectivity index (χ1n) is 9.59. The average Bonchev–Trinajstić information content (AvgIpc) is 3.07. The fourth-order valence-electron chi connectivity index (χ4n) is 4.16. The number of thiocarbonyl (C=S) groups is 1. The van der Waals surface area contributed by atoms with E-state index in [1.807, 2.05) is 0 Å². The summed E-state index contributed by atoms with van der Waals surface area (Å²) in [5, 5.41) is 4.29. The number of rotatable bonds is 4. The number of piperidine rings is 1. The SMILES string of the molecule is Cc1cc(C)cc(NC(=S)N2CCC([NH+](C)CC3CCCO3)CC2)c1.